The van der Waals surface area contributed by atoms with Crippen molar-refractivity contribution >= 4 is 12.4 Å². The summed E-state index contributed by atoms with van der Waals surface area (Å²) in [7, 11) is 1.68. The lowest BCUT2D eigenvalue weighted by molar-refractivity contribution is -0.869. The van der Waals surface area contributed by atoms with Crippen molar-refractivity contribution < 1.29 is 9.38 Å². The van der Waals surface area contributed by atoms with Gasteiger partial charge in [0.2, 0.25) is 0 Å². The third-order valence-electron chi connectivity index (χ3n) is 1.42. The number of quaternary nitrogens is 1. The molecule has 0 atom stereocenters. The van der Waals surface area contributed by atoms with E-state index in [1.165, 1.54) is 0 Å². The van der Waals surface area contributed by atoms with Gasteiger partial charge in [0, 0.05) is 0 Å². The molecule has 1 aliphatic rings. The van der Waals surface area contributed by atoms with Crippen LogP contribution in [0.2, 0.25) is 0 Å². The maximum absolute atomic E-state index is 11.0. The van der Waals surface area contributed by atoms with E-state index in [1.807, 2.05) is 0 Å². The number of rotatable bonds is 0. The van der Waals surface area contributed by atoms with Crippen LogP contribution in [0.5, 0.6) is 0 Å². The van der Waals surface area contributed by atoms with Crippen LogP contribution in [0, 0.1) is 5.21 Å². The topological polar surface area (TPSA) is 32.3 Å². The van der Waals surface area contributed by atoms with Crippen LogP contribution >= 0.6 is 12.4 Å². The second-order valence-electron chi connectivity index (χ2n) is 2.36. The Morgan fingerprint density at radius 1 is 1.33 bits per heavy atom. The Balaban J connectivity index is 0.000000640. The Hall–Kier alpha value is 0.170. The molecule has 0 saturated carbocycles. The number of nitrogens with zero attached hydrogens (tertiary/aromatic N) is 1. The van der Waals surface area contributed by atoms with Crippen molar-refractivity contribution in [2.75, 3.05) is 33.4 Å². The van der Waals surface area contributed by atoms with Crippen LogP contribution < -0.4 is 0 Å². The Bertz CT molecular complexity index is 79.0. The predicted molar refractivity (Wildman–Crippen MR) is 37.4 cm³/mol. The van der Waals surface area contributed by atoms with E-state index in [9.17, 15) is 5.21 Å². The lowest BCUT2D eigenvalue weighted by Gasteiger charge is -2.41. The highest BCUT2D eigenvalue weighted by atomic mass is 35.5. The highest BCUT2D eigenvalue weighted by Gasteiger charge is 2.13. The summed E-state index contributed by atoms with van der Waals surface area (Å²) in [6.07, 6.45) is 0. The second kappa shape index (κ2) is 3.37. The normalized spacial score (nSPS) is 24.7. The van der Waals surface area contributed by atoms with Gasteiger partial charge in [-0.25, -0.2) is 0 Å². The Morgan fingerprint density at radius 2 is 1.78 bits per heavy atom. The molecule has 0 spiro atoms. The maximum Gasteiger partial charge on any atom is 0.102 e. The van der Waals surface area contributed by atoms with Crippen molar-refractivity contribution in [3.05, 3.63) is 5.21 Å². The highest BCUT2D eigenvalue weighted by Crippen LogP contribution is 2.02. The number of hydrogen-bond acceptors (Lipinski definition) is 2. The number of morpholine rings is 1. The largest absolute Gasteiger partial charge is 0.633 e. The van der Waals surface area contributed by atoms with Crippen LogP contribution in [0.4, 0.5) is 0 Å². The van der Waals surface area contributed by atoms with Gasteiger partial charge >= 0.3 is 0 Å². The molecular weight excluding hydrogens is 142 g/mol. The first-order valence-electron chi connectivity index (χ1n) is 2.84. The summed E-state index contributed by atoms with van der Waals surface area (Å²) in [5, 5.41) is 11.0. The van der Waals surface area contributed by atoms with Crippen LogP contribution in [0.15, 0.2) is 0 Å². The summed E-state index contributed by atoms with van der Waals surface area (Å²) in [5.41, 5.74) is 0. The lowest BCUT2D eigenvalue weighted by Crippen LogP contribution is -2.46. The van der Waals surface area contributed by atoms with Gasteiger partial charge < -0.3 is 14.6 Å². The number of likely N-dealkylation sites (N-methyl/N-ethyl adjacent to an activating group) is 1. The van der Waals surface area contributed by atoms with Gasteiger partial charge in [-0.15, -0.1) is 12.4 Å². The minimum Gasteiger partial charge on any atom is -0.633 e. The molecule has 1 fully saturated rings. The zero-order valence-electron chi connectivity index (χ0n) is 5.50. The quantitative estimate of drug-likeness (QED) is 0.372. The SMILES string of the molecule is C[N+]1([O-])CCOCC1.Cl. The number of ether oxygens (including phenoxy) is 1. The van der Waals surface area contributed by atoms with Crippen LogP contribution in [0.25, 0.3) is 0 Å². The molecule has 0 aromatic heterocycles. The fraction of sp³-hybridized carbons (Fsp3) is 1.00. The summed E-state index contributed by atoms with van der Waals surface area (Å²) >= 11 is 0. The first-order valence-corrected chi connectivity index (χ1v) is 2.84. The van der Waals surface area contributed by atoms with E-state index < -0.39 is 0 Å². The van der Waals surface area contributed by atoms with Gasteiger partial charge in [-0.2, -0.15) is 0 Å². The predicted octanol–water partition coefficient (Wildman–Crippen LogP) is 0.383. The molecule has 0 amide bonds. The van der Waals surface area contributed by atoms with E-state index in [-0.39, 0.29) is 17.1 Å². The van der Waals surface area contributed by atoms with Crippen LogP contribution in [-0.2, 0) is 4.74 Å². The van der Waals surface area contributed by atoms with E-state index in [4.69, 9.17) is 4.74 Å². The molecule has 0 aromatic carbocycles. The lowest BCUT2D eigenvalue weighted by atomic mass is 10.4. The smallest absolute Gasteiger partial charge is 0.102 e. The minimum absolute atomic E-state index is 0. The summed E-state index contributed by atoms with van der Waals surface area (Å²) in [4.78, 5) is 0. The van der Waals surface area contributed by atoms with Crippen LogP contribution in [0.1, 0.15) is 0 Å². The third-order valence-corrected chi connectivity index (χ3v) is 1.42. The van der Waals surface area contributed by atoms with Gasteiger partial charge in [0.1, 0.15) is 13.1 Å². The number of hydroxylamine groups is 3. The van der Waals surface area contributed by atoms with Gasteiger partial charge in [-0.1, -0.05) is 0 Å². The van der Waals surface area contributed by atoms with Gasteiger partial charge in [-0.3, -0.25) is 0 Å². The Morgan fingerprint density at radius 3 is 2.00 bits per heavy atom. The first-order chi connectivity index (χ1) is 3.71. The van der Waals surface area contributed by atoms with Gasteiger partial charge in [0.25, 0.3) is 0 Å². The molecule has 0 aromatic rings. The average Bonchev–Trinajstić information content (AvgIpc) is 1.65. The Labute approximate surface area is 61.2 Å². The van der Waals surface area contributed by atoms with Crippen LogP contribution in [-0.4, -0.2) is 38.0 Å². The van der Waals surface area contributed by atoms with E-state index in [0.717, 1.165) is 0 Å². The maximum atomic E-state index is 11.0. The fourth-order valence-electron chi connectivity index (χ4n) is 0.729. The molecule has 0 bridgehead atoms. The summed E-state index contributed by atoms with van der Waals surface area (Å²) < 4.78 is 4.86. The van der Waals surface area contributed by atoms with E-state index >= 15 is 0 Å². The summed E-state index contributed by atoms with van der Waals surface area (Å²) in [6, 6.07) is 0. The monoisotopic (exact) mass is 153 g/mol. The van der Waals surface area contributed by atoms with Gasteiger partial charge in [0.05, 0.1) is 20.3 Å². The molecule has 1 rings (SSSR count). The van der Waals surface area contributed by atoms with E-state index in [2.05, 4.69) is 0 Å². The van der Waals surface area contributed by atoms with Crippen LogP contribution in [0.3, 0.4) is 0 Å². The van der Waals surface area contributed by atoms with Crippen molar-refractivity contribution in [1.82, 2.24) is 0 Å². The van der Waals surface area contributed by atoms with Crippen molar-refractivity contribution in [3.63, 3.8) is 0 Å². The highest BCUT2D eigenvalue weighted by molar-refractivity contribution is 5.85. The number of hydrogen-bond donors (Lipinski definition) is 0. The molecule has 0 radical (unpaired) electrons. The third kappa shape index (κ3) is 3.01. The second-order valence-corrected chi connectivity index (χ2v) is 2.36. The molecule has 56 valence electrons. The zero-order valence-corrected chi connectivity index (χ0v) is 6.32. The van der Waals surface area contributed by atoms with Gasteiger partial charge in [-0.05, 0) is 0 Å². The van der Waals surface area contributed by atoms with Crippen molar-refractivity contribution in [3.8, 4) is 0 Å². The van der Waals surface area contributed by atoms with Crippen molar-refractivity contribution in [2.24, 2.45) is 0 Å². The fourth-order valence-corrected chi connectivity index (χ4v) is 0.729. The molecular formula is C5H12ClNO2. The molecule has 1 heterocycles. The standard InChI is InChI=1S/C5H11NO2.ClH/c1-6(7)2-4-8-5-3-6;/h2-5H2,1H3;1H. The molecule has 4 heteroatoms. The average molecular weight is 154 g/mol. The molecule has 1 saturated heterocycles. The molecule has 0 N–H and O–H groups in total. The molecule has 1 aliphatic heterocycles. The molecule has 9 heavy (non-hydrogen) atoms. The zero-order chi connectivity index (χ0) is 6.04. The first kappa shape index (κ1) is 9.17. The van der Waals surface area contributed by atoms with Crippen molar-refractivity contribution in [1.29, 1.82) is 0 Å². The number of halogens is 1. The Kier molecular flexibility index (Phi) is 3.43. The summed E-state index contributed by atoms with van der Waals surface area (Å²) in [5.74, 6) is 0. The van der Waals surface area contributed by atoms with Gasteiger partial charge in [0.15, 0.2) is 0 Å². The van der Waals surface area contributed by atoms with E-state index in [1.54, 1.807) is 7.05 Å². The molecule has 0 unspecified atom stereocenters. The molecule has 3 nitrogen and oxygen atoms in total. The minimum atomic E-state index is -0.125. The van der Waals surface area contributed by atoms with Crippen molar-refractivity contribution in [2.45, 2.75) is 0 Å². The summed E-state index contributed by atoms with van der Waals surface area (Å²) in [6.45, 7) is 2.47. The van der Waals surface area contributed by atoms with E-state index in [0.29, 0.717) is 26.3 Å². The molecule has 0 aliphatic carbocycles.